The van der Waals surface area contributed by atoms with Crippen LogP contribution in [-0.4, -0.2) is 66.8 Å². The lowest BCUT2D eigenvalue weighted by Crippen LogP contribution is -2.63. The maximum Gasteiger partial charge on any atom is 0.339 e. The van der Waals surface area contributed by atoms with Gasteiger partial charge in [-0.25, -0.2) is 4.79 Å². The van der Waals surface area contributed by atoms with Crippen molar-refractivity contribution >= 4 is 34.8 Å². The van der Waals surface area contributed by atoms with Gasteiger partial charge in [0.25, 0.3) is 0 Å². The van der Waals surface area contributed by atoms with Crippen molar-refractivity contribution in [2.75, 3.05) is 6.61 Å². The average Bonchev–Trinajstić information content (AvgIpc) is 2.94. The molecule has 0 spiro atoms. The lowest BCUT2D eigenvalue weighted by Gasteiger charge is -2.44. The molecule has 5 atom stereocenters. The van der Waals surface area contributed by atoms with Gasteiger partial charge in [0.2, 0.25) is 18.1 Å². The summed E-state index contributed by atoms with van der Waals surface area (Å²) in [6, 6.07) is 1.97. The smallest absolute Gasteiger partial charge is 0.339 e. The summed E-state index contributed by atoms with van der Waals surface area (Å²) in [5.74, 6) is -2.57. The second-order valence-electron chi connectivity index (χ2n) is 12.2. The van der Waals surface area contributed by atoms with Crippen LogP contribution in [-0.2, 0) is 62.1 Å². The molecule has 13 heteroatoms. The van der Waals surface area contributed by atoms with Crippen molar-refractivity contribution in [2.24, 2.45) is 0 Å². The Balaban J connectivity index is 1.68. The van der Waals surface area contributed by atoms with E-state index in [1.165, 1.54) is 6.92 Å². The largest absolute Gasteiger partial charge is 0.484 e. The third-order valence-corrected chi connectivity index (χ3v) is 8.06. The molecule has 244 valence electrons. The van der Waals surface area contributed by atoms with E-state index >= 15 is 0 Å². The summed E-state index contributed by atoms with van der Waals surface area (Å²) >= 11 is 0. The number of fused-ring (bicyclic) bond motifs is 4. The monoisotopic (exact) mass is 630 g/mol. The number of rotatable bonds is 7. The van der Waals surface area contributed by atoms with E-state index in [4.69, 9.17) is 37.6 Å². The second-order valence-corrected chi connectivity index (χ2v) is 12.2. The Morgan fingerprint density at radius 3 is 2.11 bits per heavy atom. The number of aryl methyl sites for hydroxylation is 2. The summed E-state index contributed by atoms with van der Waals surface area (Å²) in [4.78, 5) is 61.7. The van der Waals surface area contributed by atoms with Crippen LogP contribution < -0.4 is 15.1 Å². The third kappa shape index (κ3) is 6.92. The minimum atomic E-state index is -1.53. The molecule has 1 aromatic heterocycles. The quantitative estimate of drug-likeness (QED) is 0.249. The Bertz CT molecular complexity index is 1570. The van der Waals surface area contributed by atoms with Gasteiger partial charge in [0.15, 0.2) is 23.5 Å². The van der Waals surface area contributed by atoms with Crippen molar-refractivity contribution in [1.82, 2.24) is 0 Å². The van der Waals surface area contributed by atoms with Crippen LogP contribution in [0.25, 0.3) is 11.0 Å². The van der Waals surface area contributed by atoms with Crippen LogP contribution in [0.2, 0.25) is 0 Å². The zero-order valence-corrected chi connectivity index (χ0v) is 26.2. The minimum Gasteiger partial charge on any atom is -0.484 e. The number of esters is 4. The van der Waals surface area contributed by atoms with Crippen LogP contribution in [0.4, 0.5) is 0 Å². The molecule has 0 amide bonds. The maximum atomic E-state index is 13.2. The first-order valence-electron chi connectivity index (χ1n) is 15.0. The Labute approximate surface area is 259 Å². The van der Waals surface area contributed by atoms with Gasteiger partial charge < -0.3 is 37.6 Å². The first-order valence-corrected chi connectivity index (χ1v) is 15.0. The molecule has 1 fully saturated rings. The van der Waals surface area contributed by atoms with Gasteiger partial charge in [-0.05, 0) is 69.6 Å². The van der Waals surface area contributed by atoms with E-state index in [0.717, 1.165) is 44.7 Å². The number of carbonyl (C=O) groups excluding carboxylic acids is 4. The van der Waals surface area contributed by atoms with Gasteiger partial charge in [0, 0.05) is 38.6 Å². The molecule has 0 radical (unpaired) electrons. The molecule has 2 aliphatic heterocycles. The number of benzene rings is 1. The zero-order chi connectivity index (χ0) is 32.6. The van der Waals surface area contributed by atoms with Crippen molar-refractivity contribution in [2.45, 2.75) is 116 Å². The molecule has 3 heterocycles. The van der Waals surface area contributed by atoms with Gasteiger partial charge in [-0.1, -0.05) is 0 Å². The predicted molar refractivity (Wildman–Crippen MR) is 155 cm³/mol. The van der Waals surface area contributed by atoms with Gasteiger partial charge in [-0.3, -0.25) is 19.2 Å². The van der Waals surface area contributed by atoms with Crippen LogP contribution in [0.5, 0.6) is 11.5 Å². The molecular weight excluding hydrogens is 592 g/mol. The first-order chi connectivity index (χ1) is 21.2. The molecule has 0 bridgehead atoms. The molecule has 0 N–H and O–H groups in total. The van der Waals surface area contributed by atoms with Crippen LogP contribution >= 0.6 is 0 Å². The summed E-state index contributed by atoms with van der Waals surface area (Å²) in [6.45, 7) is 8.02. The summed E-state index contributed by atoms with van der Waals surface area (Å²) in [6.07, 6.45) is -2.60. The zero-order valence-electron chi connectivity index (χ0n) is 26.2. The molecular formula is C32H38O13. The van der Waals surface area contributed by atoms with E-state index in [1.807, 2.05) is 19.9 Å². The van der Waals surface area contributed by atoms with E-state index in [0.29, 0.717) is 42.4 Å². The Morgan fingerprint density at radius 2 is 1.47 bits per heavy atom. The van der Waals surface area contributed by atoms with E-state index in [2.05, 4.69) is 0 Å². The summed E-state index contributed by atoms with van der Waals surface area (Å²) < 4.78 is 46.8. The fourth-order valence-corrected chi connectivity index (χ4v) is 6.15. The molecule has 1 aromatic carbocycles. The number of hydrogen-bond donors (Lipinski definition) is 0. The number of hydrogen-bond acceptors (Lipinski definition) is 13. The van der Waals surface area contributed by atoms with E-state index < -0.39 is 72.4 Å². The highest BCUT2D eigenvalue weighted by atomic mass is 16.7. The highest BCUT2D eigenvalue weighted by molar-refractivity contribution is 5.90. The predicted octanol–water partition coefficient (Wildman–Crippen LogP) is 3.24. The molecule has 2 aromatic rings. The van der Waals surface area contributed by atoms with Gasteiger partial charge in [0.05, 0.1) is 0 Å². The number of ether oxygens (including phenoxy) is 7. The molecule has 5 rings (SSSR count). The maximum absolute atomic E-state index is 13.2. The van der Waals surface area contributed by atoms with E-state index in [-0.39, 0.29) is 11.3 Å². The first kappa shape index (κ1) is 32.3. The van der Waals surface area contributed by atoms with Gasteiger partial charge in [-0.2, -0.15) is 0 Å². The third-order valence-electron chi connectivity index (χ3n) is 8.06. The summed E-state index contributed by atoms with van der Waals surface area (Å²) in [5.41, 5.74) is 1.37. The minimum absolute atomic E-state index is 0.0432. The lowest BCUT2D eigenvalue weighted by atomic mass is 9.88. The van der Waals surface area contributed by atoms with Crippen LogP contribution in [0, 0.1) is 0 Å². The van der Waals surface area contributed by atoms with Crippen molar-refractivity contribution in [3.05, 3.63) is 33.2 Å². The Hall–Kier alpha value is -4.13. The van der Waals surface area contributed by atoms with Crippen LogP contribution in [0.1, 0.15) is 77.5 Å². The van der Waals surface area contributed by atoms with Gasteiger partial charge in [0.1, 0.15) is 18.3 Å². The normalized spacial score (nSPS) is 25.2. The molecule has 13 nitrogen and oxygen atoms in total. The Morgan fingerprint density at radius 1 is 0.844 bits per heavy atom. The molecule has 45 heavy (non-hydrogen) atoms. The highest BCUT2D eigenvalue weighted by Gasteiger charge is 2.54. The molecule has 1 saturated heterocycles. The fourth-order valence-electron chi connectivity index (χ4n) is 6.15. The Kier molecular flexibility index (Phi) is 9.11. The van der Waals surface area contributed by atoms with E-state index in [1.54, 1.807) is 0 Å². The van der Waals surface area contributed by atoms with Crippen molar-refractivity contribution in [3.63, 3.8) is 0 Å². The van der Waals surface area contributed by atoms with Crippen LogP contribution in [0.3, 0.4) is 0 Å². The van der Waals surface area contributed by atoms with Crippen molar-refractivity contribution < 1.29 is 56.8 Å². The summed E-state index contributed by atoms with van der Waals surface area (Å²) in [7, 11) is 0. The molecule has 0 unspecified atom stereocenters. The van der Waals surface area contributed by atoms with E-state index in [9.17, 15) is 24.0 Å². The molecule has 0 saturated carbocycles. The van der Waals surface area contributed by atoms with Gasteiger partial charge >= 0.3 is 29.5 Å². The SMILES string of the molecule is CC(=O)OC[C@H]1O[C@@H](Oc2c3c(cc4c5c(c(=O)oc24)CCCC5)CCC(C)(C)O3)[C@H](OC(C)=O)[C@@H](OC(C)=O)[C@@H]1OC(C)=O. The molecule has 1 aliphatic carbocycles. The van der Waals surface area contributed by atoms with Crippen molar-refractivity contribution in [1.29, 1.82) is 0 Å². The lowest BCUT2D eigenvalue weighted by molar-refractivity contribution is -0.288. The van der Waals surface area contributed by atoms with Crippen molar-refractivity contribution in [3.8, 4) is 11.5 Å². The van der Waals surface area contributed by atoms with Crippen LogP contribution in [0.15, 0.2) is 15.3 Å². The van der Waals surface area contributed by atoms with Gasteiger partial charge in [-0.15, -0.1) is 0 Å². The average molecular weight is 631 g/mol. The second kappa shape index (κ2) is 12.7. The number of carbonyl (C=O) groups is 4. The fraction of sp³-hybridized carbons (Fsp3) is 0.594. The highest BCUT2D eigenvalue weighted by Crippen LogP contribution is 2.47. The summed E-state index contributed by atoms with van der Waals surface area (Å²) in [5, 5.41) is 0.701. The topological polar surface area (TPSA) is 163 Å². The molecule has 3 aliphatic rings. The standard InChI is InChI=1S/C32H38O13/c1-15(33)38-14-23-26(39-16(2)34)28(40-17(3)35)29(41-18(4)36)31(42-23)44-27-24-19(11-12-32(5,6)45-24)13-22-20-9-7-8-10-21(20)30(37)43-25(22)27/h13,23,26,28-29,31H,7-12,14H2,1-6H3/t23-,26-,28+,29-,31+/m1/s1.